The van der Waals surface area contributed by atoms with Gasteiger partial charge in [-0.3, -0.25) is 4.99 Å². The predicted molar refractivity (Wildman–Crippen MR) is 85.0 cm³/mol. The first kappa shape index (κ1) is 12.6. The summed E-state index contributed by atoms with van der Waals surface area (Å²) in [4.78, 5) is 17.1. The first-order chi connectivity index (χ1) is 11.3. The van der Waals surface area contributed by atoms with Gasteiger partial charge in [-0.15, -0.1) is 0 Å². The van der Waals surface area contributed by atoms with Crippen molar-refractivity contribution in [3.05, 3.63) is 71.3 Å². The van der Waals surface area contributed by atoms with Gasteiger partial charge in [-0.2, -0.15) is 0 Å². The highest BCUT2D eigenvalue weighted by Crippen LogP contribution is 2.44. The highest BCUT2D eigenvalue weighted by atomic mass is 16.5. The maximum atomic E-state index is 12.4. The van der Waals surface area contributed by atoms with E-state index in [4.69, 9.17) is 14.5 Å². The quantitative estimate of drug-likeness (QED) is 0.426. The summed E-state index contributed by atoms with van der Waals surface area (Å²) in [6, 6.07) is 15.3. The van der Waals surface area contributed by atoms with Gasteiger partial charge in [-0.1, -0.05) is 42.5 Å². The summed E-state index contributed by atoms with van der Waals surface area (Å²) >= 11 is 0. The van der Waals surface area contributed by atoms with Crippen LogP contribution in [0.15, 0.2) is 65.2 Å². The van der Waals surface area contributed by atoms with Gasteiger partial charge in [0.05, 0.1) is 5.92 Å². The molecule has 4 heteroatoms. The second-order valence-corrected chi connectivity index (χ2v) is 5.89. The Hall–Kier alpha value is -2.88. The molecule has 0 saturated carbocycles. The van der Waals surface area contributed by atoms with Gasteiger partial charge in [0.25, 0.3) is 0 Å². The molecule has 2 atom stereocenters. The maximum absolute atomic E-state index is 12.4. The Balaban J connectivity index is 1.68. The fourth-order valence-corrected chi connectivity index (χ4v) is 3.48. The van der Waals surface area contributed by atoms with Crippen LogP contribution in [-0.2, 0) is 4.79 Å². The van der Waals surface area contributed by atoms with Gasteiger partial charge in [0.2, 0.25) is 0 Å². The van der Waals surface area contributed by atoms with Gasteiger partial charge in [0.1, 0.15) is 29.9 Å². The summed E-state index contributed by atoms with van der Waals surface area (Å²) in [6.07, 6.45) is 2.11. The Kier molecular flexibility index (Phi) is 2.50. The normalized spacial score (nSPS) is 23.9. The zero-order chi connectivity index (χ0) is 15.4. The highest BCUT2D eigenvalue weighted by molar-refractivity contribution is 6.41. The van der Waals surface area contributed by atoms with E-state index in [1.807, 2.05) is 48.5 Å². The van der Waals surface area contributed by atoms with E-state index in [0.717, 1.165) is 22.4 Å². The summed E-state index contributed by atoms with van der Waals surface area (Å²) in [7, 11) is 0. The smallest absolute Gasteiger partial charge is 0.358 e. The molecule has 4 nitrogen and oxygen atoms in total. The number of nitrogens with zero attached hydrogens (tertiary/aromatic N) is 1. The first-order valence-corrected chi connectivity index (χ1v) is 7.62. The predicted octanol–water partition coefficient (Wildman–Crippen LogP) is 3.20. The molecule has 0 fully saturated rings. The molecule has 0 spiro atoms. The van der Waals surface area contributed by atoms with Gasteiger partial charge in [-0.25, -0.2) is 4.79 Å². The van der Waals surface area contributed by atoms with Crippen LogP contribution in [0, 0.1) is 0 Å². The molecular weight excluding hydrogens is 290 g/mol. The summed E-state index contributed by atoms with van der Waals surface area (Å²) in [5.41, 5.74) is 3.56. The number of hydrogen-bond donors (Lipinski definition) is 0. The Morgan fingerprint density at radius 2 is 1.70 bits per heavy atom. The van der Waals surface area contributed by atoms with Crippen molar-refractivity contribution >= 4 is 11.7 Å². The monoisotopic (exact) mass is 303 g/mol. The molecule has 23 heavy (non-hydrogen) atoms. The van der Waals surface area contributed by atoms with Crippen LogP contribution < -0.4 is 9.47 Å². The molecule has 0 saturated heterocycles. The number of benzene rings is 2. The number of esters is 1. The molecule has 3 aliphatic heterocycles. The number of allylic oxidation sites excluding steroid dienone is 1. The van der Waals surface area contributed by atoms with E-state index in [1.54, 1.807) is 0 Å². The van der Waals surface area contributed by atoms with E-state index in [-0.39, 0.29) is 17.9 Å². The largest absolute Gasteiger partial charge is 0.489 e. The van der Waals surface area contributed by atoms with Crippen molar-refractivity contribution in [2.24, 2.45) is 4.99 Å². The number of dihydropyridines is 1. The molecule has 5 rings (SSSR count). The van der Waals surface area contributed by atoms with Gasteiger partial charge in [0, 0.05) is 11.1 Å². The number of carbonyl (C=O) groups excluding carboxylic acids is 1. The average Bonchev–Trinajstić information content (AvgIpc) is 2.60. The number of hydrogen-bond acceptors (Lipinski definition) is 4. The lowest BCUT2D eigenvalue weighted by Gasteiger charge is -2.34. The first-order valence-electron chi connectivity index (χ1n) is 7.62. The third-order valence-corrected chi connectivity index (χ3v) is 4.57. The van der Waals surface area contributed by atoms with Gasteiger partial charge >= 0.3 is 5.97 Å². The topological polar surface area (TPSA) is 47.9 Å². The number of carbonyl (C=O) groups is 1. The summed E-state index contributed by atoms with van der Waals surface area (Å²) < 4.78 is 11.3. The van der Waals surface area contributed by atoms with Crippen molar-refractivity contribution in [1.82, 2.24) is 0 Å². The molecule has 112 valence electrons. The minimum atomic E-state index is -0.354. The standard InChI is InChI=1S/C19H13NO3/c21-19-18-14(12-5-1-4-8-16(12)23-19)9-11-10-22-15-7-3-2-6-13(15)17(11)20-18/h1-9,14,17H,10H2. The molecular formula is C19H13NO3. The summed E-state index contributed by atoms with van der Waals surface area (Å²) in [6.45, 7) is 0.506. The van der Waals surface area contributed by atoms with Gasteiger partial charge < -0.3 is 9.47 Å². The van der Waals surface area contributed by atoms with Crippen LogP contribution in [0.1, 0.15) is 23.1 Å². The van der Waals surface area contributed by atoms with E-state index in [9.17, 15) is 4.79 Å². The van der Waals surface area contributed by atoms with E-state index in [2.05, 4.69) is 6.08 Å². The number of para-hydroxylation sites is 2. The van der Waals surface area contributed by atoms with Crippen molar-refractivity contribution in [2.75, 3.05) is 6.61 Å². The Bertz CT molecular complexity index is 897. The van der Waals surface area contributed by atoms with Gasteiger partial charge in [0.15, 0.2) is 0 Å². The maximum Gasteiger partial charge on any atom is 0.358 e. The SMILES string of the molecule is O=C1Oc2ccccc2C2C=C3COc4ccccc4C3N=C12. The van der Waals surface area contributed by atoms with Crippen LogP contribution in [-0.4, -0.2) is 18.3 Å². The summed E-state index contributed by atoms with van der Waals surface area (Å²) in [5.74, 6) is 0.955. The fraction of sp³-hybridized carbons (Fsp3) is 0.158. The molecule has 2 aromatic rings. The lowest BCUT2D eigenvalue weighted by Crippen LogP contribution is -2.35. The van der Waals surface area contributed by atoms with E-state index in [0.29, 0.717) is 18.1 Å². The number of rotatable bonds is 0. The third kappa shape index (κ3) is 1.78. The Labute approximate surface area is 133 Å². The molecule has 0 amide bonds. The van der Waals surface area contributed by atoms with Crippen LogP contribution in [0.2, 0.25) is 0 Å². The highest BCUT2D eigenvalue weighted by Gasteiger charge is 2.39. The minimum Gasteiger partial charge on any atom is -0.489 e. The summed E-state index contributed by atoms with van der Waals surface area (Å²) in [5, 5.41) is 0. The van der Waals surface area contributed by atoms with Crippen molar-refractivity contribution in [2.45, 2.75) is 12.0 Å². The van der Waals surface area contributed by atoms with Crippen molar-refractivity contribution < 1.29 is 14.3 Å². The van der Waals surface area contributed by atoms with Crippen molar-refractivity contribution in [1.29, 1.82) is 0 Å². The van der Waals surface area contributed by atoms with Crippen LogP contribution >= 0.6 is 0 Å². The second kappa shape index (κ2) is 4.56. The van der Waals surface area contributed by atoms with E-state index >= 15 is 0 Å². The van der Waals surface area contributed by atoms with Crippen molar-refractivity contribution in [3.8, 4) is 11.5 Å². The van der Waals surface area contributed by atoms with Crippen LogP contribution in [0.4, 0.5) is 0 Å². The van der Waals surface area contributed by atoms with E-state index in [1.165, 1.54) is 0 Å². The molecule has 0 bridgehead atoms. The lowest BCUT2D eigenvalue weighted by atomic mass is 9.83. The molecule has 0 radical (unpaired) electrons. The fourth-order valence-electron chi connectivity index (χ4n) is 3.48. The molecule has 0 aromatic heterocycles. The molecule has 3 heterocycles. The van der Waals surface area contributed by atoms with Crippen LogP contribution in [0.25, 0.3) is 0 Å². The molecule has 3 aliphatic rings. The van der Waals surface area contributed by atoms with Crippen molar-refractivity contribution in [3.63, 3.8) is 0 Å². The zero-order valence-electron chi connectivity index (χ0n) is 12.2. The average molecular weight is 303 g/mol. The van der Waals surface area contributed by atoms with Crippen LogP contribution in [0.3, 0.4) is 0 Å². The minimum absolute atomic E-state index is 0.146. The number of ether oxygens (including phenoxy) is 2. The van der Waals surface area contributed by atoms with Crippen LogP contribution in [0.5, 0.6) is 11.5 Å². The van der Waals surface area contributed by atoms with Gasteiger partial charge in [-0.05, 0) is 17.7 Å². The third-order valence-electron chi connectivity index (χ3n) is 4.57. The molecule has 0 N–H and O–H groups in total. The number of aliphatic imine (C=N–C) groups is 1. The Morgan fingerprint density at radius 1 is 0.957 bits per heavy atom. The second-order valence-electron chi connectivity index (χ2n) is 5.89. The lowest BCUT2D eigenvalue weighted by molar-refractivity contribution is -0.127. The molecule has 0 aliphatic carbocycles. The Morgan fingerprint density at radius 3 is 2.57 bits per heavy atom. The zero-order valence-corrected chi connectivity index (χ0v) is 12.2. The number of fused-ring (bicyclic) bond motifs is 6. The molecule has 2 aromatic carbocycles. The van der Waals surface area contributed by atoms with E-state index < -0.39 is 0 Å². The molecule has 2 unspecified atom stereocenters.